The monoisotopic (exact) mass is 248 g/mol. The van der Waals surface area contributed by atoms with Crippen LogP contribution in [0.1, 0.15) is 5.69 Å². The molecule has 0 bridgehead atoms. The van der Waals surface area contributed by atoms with Gasteiger partial charge in [0.05, 0.1) is 37.1 Å². The predicted molar refractivity (Wildman–Crippen MR) is 67.5 cm³/mol. The topological polar surface area (TPSA) is 72.1 Å². The van der Waals surface area contributed by atoms with E-state index in [0.717, 1.165) is 11.4 Å². The zero-order chi connectivity index (χ0) is 12.6. The molecule has 2 aromatic heterocycles. The number of aromatic amines is 1. The summed E-state index contributed by atoms with van der Waals surface area (Å²) in [6.07, 6.45) is 5.17. The number of nitrogens with zero attached hydrogens (tertiary/aromatic N) is 2. The highest BCUT2D eigenvalue weighted by Crippen LogP contribution is 2.12. The number of imidazole rings is 1. The Labute approximate surface area is 105 Å². The van der Waals surface area contributed by atoms with Gasteiger partial charge in [0.25, 0.3) is 0 Å². The number of rotatable bonds is 7. The van der Waals surface area contributed by atoms with Crippen molar-refractivity contribution >= 4 is 5.69 Å². The third kappa shape index (κ3) is 3.74. The van der Waals surface area contributed by atoms with Gasteiger partial charge in [-0.15, -0.1) is 0 Å². The average Bonchev–Trinajstić information content (AvgIpc) is 2.91. The van der Waals surface area contributed by atoms with Crippen molar-refractivity contribution in [1.29, 1.82) is 0 Å². The van der Waals surface area contributed by atoms with Crippen molar-refractivity contribution < 1.29 is 9.47 Å². The van der Waals surface area contributed by atoms with Crippen molar-refractivity contribution in [3.8, 4) is 5.88 Å². The summed E-state index contributed by atoms with van der Waals surface area (Å²) in [5.41, 5.74) is 1.96. The molecule has 2 aromatic rings. The maximum Gasteiger partial charge on any atom is 0.213 e. The fourth-order valence-electron chi connectivity index (χ4n) is 1.38. The first-order valence-corrected chi connectivity index (χ1v) is 5.67. The summed E-state index contributed by atoms with van der Waals surface area (Å²) < 4.78 is 10.3. The first-order valence-electron chi connectivity index (χ1n) is 5.67. The Morgan fingerprint density at radius 2 is 2.22 bits per heavy atom. The van der Waals surface area contributed by atoms with Crippen molar-refractivity contribution in [2.24, 2.45) is 0 Å². The first kappa shape index (κ1) is 12.4. The van der Waals surface area contributed by atoms with E-state index in [-0.39, 0.29) is 0 Å². The lowest BCUT2D eigenvalue weighted by molar-refractivity contribution is 0.144. The zero-order valence-electron chi connectivity index (χ0n) is 10.2. The Morgan fingerprint density at radius 3 is 2.89 bits per heavy atom. The van der Waals surface area contributed by atoms with E-state index in [4.69, 9.17) is 9.47 Å². The van der Waals surface area contributed by atoms with Crippen LogP contribution in [0.15, 0.2) is 30.9 Å². The molecular weight excluding hydrogens is 232 g/mol. The van der Waals surface area contributed by atoms with Gasteiger partial charge in [-0.05, 0) is 6.07 Å². The Balaban J connectivity index is 1.80. The van der Waals surface area contributed by atoms with E-state index in [0.29, 0.717) is 25.6 Å². The summed E-state index contributed by atoms with van der Waals surface area (Å²) in [7, 11) is 1.64. The van der Waals surface area contributed by atoms with Crippen LogP contribution >= 0.6 is 0 Å². The van der Waals surface area contributed by atoms with Gasteiger partial charge in [-0.2, -0.15) is 0 Å². The highest BCUT2D eigenvalue weighted by atomic mass is 16.5. The number of H-pyrrole nitrogens is 1. The number of hydrogen-bond acceptors (Lipinski definition) is 5. The minimum atomic E-state index is 0.504. The lowest BCUT2D eigenvalue weighted by Crippen LogP contribution is -2.05. The smallest absolute Gasteiger partial charge is 0.213 e. The quantitative estimate of drug-likeness (QED) is 0.725. The molecule has 2 heterocycles. The summed E-state index contributed by atoms with van der Waals surface area (Å²) in [4.78, 5) is 11.2. The normalized spacial score (nSPS) is 10.3. The SMILES string of the molecule is COCCOc1ccc(NCc2cnc[nH]2)cn1. The van der Waals surface area contributed by atoms with Crippen LogP contribution in [-0.2, 0) is 11.3 Å². The molecule has 0 aliphatic rings. The molecule has 6 heteroatoms. The Bertz CT molecular complexity index is 442. The fraction of sp³-hybridized carbons (Fsp3) is 0.333. The minimum Gasteiger partial charge on any atom is -0.475 e. The van der Waals surface area contributed by atoms with Crippen molar-refractivity contribution in [2.75, 3.05) is 25.6 Å². The third-order valence-corrected chi connectivity index (χ3v) is 2.31. The molecule has 0 fully saturated rings. The van der Waals surface area contributed by atoms with Crippen LogP contribution in [0.2, 0.25) is 0 Å². The van der Waals surface area contributed by atoms with Crippen molar-refractivity contribution in [1.82, 2.24) is 15.0 Å². The van der Waals surface area contributed by atoms with Gasteiger partial charge in [0, 0.05) is 19.4 Å². The first-order chi connectivity index (χ1) is 8.88. The van der Waals surface area contributed by atoms with E-state index in [1.807, 2.05) is 12.1 Å². The molecule has 2 N–H and O–H groups in total. The van der Waals surface area contributed by atoms with Gasteiger partial charge >= 0.3 is 0 Å². The number of aromatic nitrogens is 3. The third-order valence-electron chi connectivity index (χ3n) is 2.31. The lowest BCUT2D eigenvalue weighted by Gasteiger charge is -2.07. The summed E-state index contributed by atoms with van der Waals surface area (Å²) in [6, 6.07) is 3.75. The van der Waals surface area contributed by atoms with Gasteiger partial charge in [0.2, 0.25) is 5.88 Å². The fourth-order valence-corrected chi connectivity index (χ4v) is 1.38. The van der Waals surface area contributed by atoms with Gasteiger partial charge in [0.1, 0.15) is 6.61 Å². The number of pyridine rings is 1. The number of nitrogens with one attached hydrogen (secondary N) is 2. The number of hydrogen-bond donors (Lipinski definition) is 2. The molecule has 0 saturated carbocycles. The number of methoxy groups -OCH3 is 1. The van der Waals surface area contributed by atoms with Gasteiger partial charge in [-0.3, -0.25) is 0 Å². The summed E-state index contributed by atoms with van der Waals surface area (Å²) in [5.74, 6) is 0.596. The van der Waals surface area contributed by atoms with Crippen LogP contribution in [-0.4, -0.2) is 35.3 Å². The number of ether oxygens (including phenoxy) is 2. The molecule has 6 nitrogen and oxygen atoms in total. The summed E-state index contributed by atoms with van der Waals surface area (Å²) in [5, 5.41) is 3.23. The molecule has 0 amide bonds. The molecule has 18 heavy (non-hydrogen) atoms. The molecule has 2 rings (SSSR count). The summed E-state index contributed by atoms with van der Waals surface area (Å²) in [6.45, 7) is 1.75. The molecule has 0 aromatic carbocycles. The van der Waals surface area contributed by atoms with Crippen LogP contribution in [0.3, 0.4) is 0 Å². The van der Waals surface area contributed by atoms with Crippen LogP contribution in [0.25, 0.3) is 0 Å². The van der Waals surface area contributed by atoms with E-state index in [9.17, 15) is 0 Å². The Hall–Kier alpha value is -2.08. The van der Waals surface area contributed by atoms with E-state index in [1.165, 1.54) is 0 Å². The number of anilines is 1. The molecule has 0 radical (unpaired) electrons. The second-order valence-electron chi connectivity index (χ2n) is 3.66. The highest BCUT2D eigenvalue weighted by molar-refractivity contribution is 5.42. The molecular formula is C12H16N4O2. The molecule has 96 valence electrons. The highest BCUT2D eigenvalue weighted by Gasteiger charge is 1.98. The predicted octanol–water partition coefficient (Wildman–Crippen LogP) is 1.44. The molecule has 0 spiro atoms. The zero-order valence-corrected chi connectivity index (χ0v) is 10.2. The molecule has 0 aliphatic carbocycles. The van der Waals surface area contributed by atoms with E-state index in [1.54, 1.807) is 25.8 Å². The molecule has 0 atom stereocenters. The lowest BCUT2D eigenvalue weighted by atomic mass is 10.4. The standard InChI is InChI=1S/C12H16N4O2/c1-17-4-5-18-12-3-2-10(7-15-12)14-8-11-6-13-9-16-11/h2-3,6-7,9,14H,4-5,8H2,1H3,(H,13,16). The maximum atomic E-state index is 5.37. The Morgan fingerprint density at radius 1 is 1.28 bits per heavy atom. The van der Waals surface area contributed by atoms with Gasteiger partial charge in [-0.1, -0.05) is 0 Å². The van der Waals surface area contributed by atoms with Crippen molar-refractivity contribution in [2.45, 2.75) is 6.54 Å². The van der Waals surface area contributed by atoms with Gasteiger partial charge < -0.3 is 19.8 Å². The van der Waals surface area contributed by atoms with Crippen LogP contribution in [0, 0.1) is 0 Å². The van der Waals surface area contributed by atoms with Gasteiger partial charge in [-0.25, -0.2) is 9.97 Å². The van der Waals surface area contributed by atoms with Crippen molar-refractivity contribution in [3.05, 3.63) is 36.5 Å². The second-order valence-corrected chi connectivity index (χ2v) is 3.66. The molecule has 0 aliphatic heterocycles. The van der Waals surface area contributed by atoms with Crippen LogP contribution in [0.5, 0.6) is 5.88 Å². The minimum absolute atomic E-state index is 0.504. The van der Waals surface area contributed by atoms with Crippen LogP contribution < -0.4 is 10.1 Å². The van der Waals surface area contributed by atoms with E-state index >= 15 is 0 Å². The van der Waals surface area contributed by atoms with Crippen molar-refractivity contribution in [3.63, 3.8) is 0 Å². The largest absolute Gasteiger partial charge is 0.475 e. The molecule has 0 unspecified atom stereocenters. The maximum absolute atomic E-state index is 5.37. The van der Waals surface area contributed by atoms with Crippen LogP contribution in [0.4, 0.5) is 5.69 Å². The molecule has 0 saturated heterocycles. The Kier molecular flexibility index (Phi) is 4.54. The average molecular weight is 248 g/mol. The second kappa shape index (κ2) is 6.61. The summed E-state index contributed by atoms with van der Waals surface area (Å²) >= 11 is 0. The van der Waals surface area contributed by atoms with E-state index in [2.05, 4.69) is 20.3 Å². The van der Waals surface area contributed by atoms with E-state index < -0.39 is 0 Å². The van der Waals surface area contributed by atoms with Gasteiger partial charge in [0.15, 0.2) is 0 Å².